The van der Waals surface area contributed by atoms with Gasteiger partial charge in [0.25, 0.3) is 5.91 Å². The molecule has 1 aliphatic heterocycles. The molecule has 33 heavy (non-hydrogen) atoms. The number of carboxylic acid groups (broad SMARTS) is 1. The van der Waals surface area contributed by atoms with Crippen LogP contribution in [0.1, 0.15) is 21.5 Å². The average molecular weight is 567 g/mol. The molecule has 7 nitrogen and oxygen atoms in total. The van der Waals surface area contributed by atoms with Gasteiger partial charge in [-0.25, -0.2) is 4.79 Å². The first kappa shape index (κ1) is 22.8. The number of carbonyl (C=O) groups excluding carboxylic acids is 1. The first-order chi connectivity index (χ1) is 15.6. The van der Waals surface area contributed by atoms with Crippen LogP contribution >= 0.6 is 22.6 Å². The van der Waals surface area contributed by atoms with Gasteiger partial charge in [-0.15, -0.1) is 0 Å². The van der Waals surface area contributed by atoms with Crippen molar-refractivity contribution in [3.63, 3.8) is 0 Å². The van der Waals surface area contributed by atoms with Gasteiger partial charge in [-0.05, 0) is 30.3 Å². The summed E-state index contributed by atoms with van der Waals surface area (Å²) in [6, 6.07) is 8.16. The van der Waals surface area contributed by atoms with Crippen LogP contribution in [0.2, 0.25) is 0 Å². The quantitative estimate of drug-likeness (QED) is 0.308. The summed E-state index contributed by atoms with van der Waals surface area (Å²) in [4.78, 5) is 24.4. The Hall–Kier alpha value is -3.41. The van der Waals surface area contributed by atoms with Gasteiger partial charge >= 0.3 is 11.9 Å². The van der Waals surface area contributed by atoms with E-state index in [1.54, 1.807) is 0 Å². The normalized spacial score (nSPS) is 16.9. The van der Waals surface area contributed by atoms with Gasteiger partial charge in [-0.1, -0.05) is 34.7 Å². The molecule has 0 saturated carbocycles. The number of carbonyl (C=O) groups is 2. The van der Waals surface area contributed by atoms with E-state index in [1.807, 2.05) is 0 Å². The number of phenolic OH excluding ortho intramolecular Hbond substituents is 1. The number of carboxylic acids is 1. The van der Waals surface area contributed by atoms with Crippen LogP contribution in [-0.4, -0.2) is 43.7 Å². The van der Waals surface area contributed by atoms with Crippen LogP contribution in [0.5, 0.6) is 11.5 Å². The number of aromatic carboxylic acids is 1. The van der Waals surface area contributed by atoms with E-state index in [0.717, 1.165) is 0 Å². The first-order valence-corrected chi connectivity index (χ1v) is 11.1. The van der Waals surface area contributed by atoms with E-state index in [-0.39, 0.29) is 34.1 Å². The summed E-state index contributed by atoms with van der Waals surface area (Å²) >= 11 is 1.39. The van der Waals surface area contributed by atoms with Gasteiger partial charge in [0.05, 0.1) is 9.99 Å². The lowest BCUT2D eigenvalue weighted by Gasteiger charge is -2.31. The van der Waals surface area contributed by atoms with Crippen molar-refractivity contribution in [2.24, 2.45) is 0 Å². The van der Waals surface area contributed by atoms with Crippen molar-refractivity contribution < 1.29 is 38.4 Å². The third-order valence-corrected chi connectivity index (χ3v) is 6.09. The number of phenols is 1. The topological polar surface area (TPSA) is 116 Å². The maximum absolute atomic E-state index is 14.0. The summed E-state index contributed by atoms with van der Waals surface area (Å²) in [7, 11) is 0. The van der Waals surface area contributed by atoms with Gasteiger partial charge in [-0.2, -0.15) is 8.78 Å². The van der Waals surface area contributed by atoms with E-state index < -0.39 is 28.3 Å². The SMILES string of the molecule is O=C(O)c1cccc(NC(=O)C(F)(F)CI)c1C1=C2C=CC(O)=CC2Oc2cc(O)ccc21. The van der Waals surface area contributed by atoms with Crippen molar-refractivity contribution in [2.75, 3.05) is 9.74 Å². The molecule has 4 N–H and O–H groups in total. The Morgan fingerprint density at radius 3 is 2.61 bits per heavy atom. The predicted octanol–water partition coefficient (Wildman–Crippen LogP) is 4.67. The van der Waals surface area contributed by atoms with E-state index in [4.69, 9.17) is 4.74 Å². The van der Waals surface area contributed by atoms with E-state index in [9.17, 15) is 33.7 Å². The van der Waals surface area contributed by atoms with Gasteiger partial charge in [0.2, 0.25) is 0 Å². The molecular weight excluding hydrogens is 551 g/mol. The Labute approximate surface area is 199 Å². The molecule has 2 aliphatic rings. The summed E-state index contributed by atoms with van der Waals surface area (Å²) < 4.78 is 33.1. The molecule has 170 valence electrons. The van der Waals surface area contributed by atoms with Crippen LogP contribution in [0.3, 0.4) is 0 Å². The van der Waals surface area contributed by atoms with E-state index in [1.165, 1.54) is 77.2 Å². The monoisotopic (exact) mass is 567 g/mol. The van der Waals surface area contributed by atoms with Gasteiger partial charge in [0, 0.05) is 40.1 Å². The maximum atomic E-state index is 14.0. The molecule has 1 heterocycles. The number of rotatable bonds is 5. The number of aromatic hydroxyl groups is 1. The maximum Gasteiger partial charge on any atom is 0.336 e. The zero-order chi connectivity index (χ0) is 23.9. The third-order valence-electron chi connectivity index (χ3n) is 5.13. The Kier molecular flexibility index (Phi) is 5.87. The number of aliphatic hydroxyl groups is 1. The molecule has 1 atom stereocenters. The third kappa shape index (κ3) is 4.17. The Morgan fingerprint density at radius 2 is 1.91 bits per heavy atom. The van der Waals surface area contributed by atoms with Crippen LogP contribution in [0.15, 0.2) is 66.0 Å². The second-order valence-corrected chi connectivity index (χ2v) is 8.06. The zero-order valence-electron chi connectivity index (χ0n) is 16.7. The highest BCUT2D eigenvalue weighted by atomic mass is 127. The molecule has 0 fully saturated rings. The fourth-order valence-corrected chi connectivity index (χ4v) is 4.00. The molecule has 0 radical (unpaired) electrons. The molecule has 1 aliphatic carbocycles. The summed E-state index contributed by atoms with van der Waals surface area (Å²) in [6.07, 6.45) is 3.44. The van der Waals surface area contributed by atoms with Crippen molar-refractivity contribution in [1.29, 1.82) is 0 Å². The molecule has 1 amide bonds. The van der Waals surface area contributed by atoms with Crippen molar-refractivity contribution in [3.8, 4) is 11.5 Å². The number of amides is 1. The highest BCUT2D eigenvalue weighted by Gasteiger charge is 2.39. The van der Waals surface area contributed by atoms with E-state index in [0.29, 0.717) is 16.7 Å². The average Bonchev–Trinajstić information content (AvgIpc) is 2.77. The van der Waals surface area contributed by atoms with Gasteiger partial charge in [0.15, 0.2) is 0 Å². The second kappa shape index (κ2) is 8.50. The first-order valence-electron chi connectivity index (χ1n) is 9.57. The van der Waals surface area contributed by atoms with Crippen LogP contribution in [-0.2, 0) is 4.79 Å². The lowest BCUT2D eigenvalue weighted by Crippen LogP contribution is -2.36. The van der Waals surface area contributed by atoms with Crippen LogP contribution < -0.4 is 10.1 Å². The van der Waals surface area contributed by atoms with Gasteiger partial charge in [0.1, 0.15) is 23.4 Å². The summed E-state index contributed by atoms with van der Waals surface area (Å²) in [5, 5.41) is 31.9. The lowest BCUT2D eigenvalue weighted by atomic mass is 9.83. The van der Waals surface area contributed by atoms with Crippen molar-refractivity contribution in [1.82, 2.24) is 0 Å². The van der Waals surface area contributed by atoms with Crippen molar-refractivity contribution in [2.45, 2.75) is 12.0 Å². The second-order valence-electron chi connectivity index (χ2n) is 7.30. The predicted molar refractivity (Wildman–Crippen MR) is 124 cm³/mol. The molecule has 1 unspecified atom stereocenters. The Morgan fingerprint density at radius 1 is 1.15 bits per heavy atom. The lowest BCUT2D eigenvalue weighted by molar-refractivity contribution is -0.136. The minimum absolute atomic E-state index is 0.00251. The molecule has 0 bridgehead atoms. The van der Waals surface area contributed by atoms with Crippen LogP contribution in [0, 0.1) is 0 Å². The molecule has 2 aromatic carbocycles. The van der Waals surface area contributed by atoms with Gasteiger partial charge < -0.3 is 25.4 Å². The van der Waals surface area contributed by atoms with Crippen LogP contribution in [0.4, 0.5) is 14.5 Å². The Bertz CT molecular complexity index is 1270. The number of halogens is 3. The number of ether oxygens (including phenoxy) is 1. The van der Waals surface area contributed by atoms with Gasteiger partial charge in [-0.3, -0.25) is 4.79 Å². The Balaban J connectivity index is 2.01. The highest BCUT2D eigenvalue weighted by Crippen LogP contribution is 2.46. The number of hydrogen-bond acceptors (Lipinski definition) is 5. The largest absolute Gasteiger partial charge is 0.508 e. The smallest absolute Gasteiger partial charge is 0.336 e. The molecule has 0 saturated heterocycles. The number of allylic oxidation sites excluding steroid dienone is 1. The van der Waals surface area contributed by atoms with Crippen LogP contribution in [0.25, 0.3) is 5.57 Å². The molecule has 0 aromatic heterocycles. The summed E-state index contributed by atoms with van der Waals surface area (Å²) in [6.45, 7) is 0. The summed E-state index contributed by atoms with van der Waals surface area (Å²) in [5.74, 6) is -6.59. The summed E-state index contributed by atoms with van der Waals surface area (Å²) in [5.41, 5.74) is 0.752. The highest BCUT2D eigenvalue weighted by molar-refractivity contribution is 14.1. The number of anilines is 1. The van der Waals surface area contributed by atoms with Crippen molar-refractivity contribution >= 4 is 45.7 Å². The molecule has 0 spiro atoms. The number of alkyl halides is 3. The number of aliphatic hydroxyl groups excluding tert-OH is 1. The molecule has 4 rings (SSSR count). The molecule has 10 heteroatoms. The standard InChI is InChI=1S/C23H16F2INO6/c24-23(25,10-26)22(32)27-16-3-1-2-15(21(30)31)20(16)19-13-6-4-11(28)8-17(13)33-18-9-12(29)5-7-14(18)19/h1-9,17,28-29H,10H2,(H,27,32)(H,30,31). The molecule has 2 aromatic rings. The van der Waals surface area contributed by atoms with Crippen molar-refractivity contribution in [3.05, 3.63) is 82.6 Å². The minimum atomic E-state index is -3.67. The minimum Gasteiger partial charge on any atom is -0.508 e. The number of hydrogen-bond donors (Lipinski definition) is 4. The number of nitrogens with one attached hydrogen (secondary N) is 1. The molecular formula is C23H16F2INO6. The van der Waals surface area contributed by atoms with E-state index >= 15 is 0 Å². The zero-order valence-corrected chi connectivity index (χ0v) is 18.8. The number of fused-ring (bicyclic) bond motifs is 2. The number of benzene rings is 2. The fraction of sp³-hybridized carbons (Fsp3) is 0.130. The van der Waals surface area contributed by atoms with E-state index in [2.05, 4.69) is 5.32 Å². The fourth-order valence-electron chi connectivity index (χ4n) is 3.66.